The van der Waals surface area contributed by atoms with Crippen LogP contribution in [0.2, 0.25) is 0 Å². The molecule has 4 heteroatoms. The molecule has 0 aromatic heterocycles. The van der Waals surface area contributed by atoms with E-state index in [-0.39, 0.29) is 24.2 Å². The van der Waals surface area contributed by atoms with Crippen LogP contribution in [0.15, 0.2) is 42.5 Å². The van der Waals surface area contributed by atoms with E-state index in [1.807, 2.05) is 49.1 Å². The van der Waals surface area contributed by atoms with Gasteiger partial charge >= 0.3 is 0 Å². The van der Waals surface area contributed by atoms with E-state index in [0.29, 0.717) is 19.0 Å². The molecule has 0 bridgehead atoms. The van der Waals surface area contributed by atoms with E-state index in [1.54, 1.807) is 0 Å². The Bertz CT molecular complexity index is 857. The molecule has 3 rings (SSSR count). The standard InChI is InChI=1S/C23H28N2O2/c1-15(2)20-10-6-8-17(4)22(20)25-14-19(12-21(25)26)23(27)24-13-18-9-5-7-16(3)11-18/h5-11,15,19H,12-14H2,1-4H3,(H,24,27). The van der Waals surface area contributed by atoms with Crippen molar-refractivity contribution in [3.63, 3.8) is 0 Å². The number of benzene rings is 2. The van der Waals surface area contributed by atoms with Gasteiger partial charge in [0.25, 0.3) is 0 Å². The quantitative estimate of drug-likeness (QED) is 0.868. The summed E-state index contributed by atoms with van der Waals surface area (Å²) in [7, 11) is 0. The summed E-state index contributed by atoms with van der Waals surface area (Å²) in [5.74, 6) is -0.00207. The van der Waals surface area contributed by atoms with Gasteiger partial charge in [-0.2, -0.15) is 0 Å². The molecule has 1 fully saturated rings. The number of hydrogen-bond acceptors (Lipinski definition) is 2. The van der Waals surface area contributed by atoms with E-state index in [1.165, 1.54) is 5.56 Å². The average Bonchev–Trinajstić information content (AvgIpc) is 3.01. The van der Waals surface area contributed by atoms with Crippen LogP contribution in [0.5, 0.6) is 0 Å². The second-order valence-corrected chi connectivity index (χ2v) is 7.78. The average molecular weight is 364 g/mol. The number of carbonyl (C=O) groups excluding carboxylic acids is 2. The number of carbonyl (C=O) groups is 2. The molecule has 142 valence electrons. The summed E-state index contributed by atoms with van der Waals surface area (Å²) in [6.45, 7) is 9.26. The molecule has 1 atom stereocenters. The first-order chi connectivity index (χ1) is 12.9. The predicted molar refractivity (Wildman–Crippen MR) is 109 cm³/mol. The third kappa shape index (κ3) is 4.21. The molecule has 0 aliphatic carbocycles. The normalized spacial score (nSPS) is 16.9. The van der Waals surface area contributed by atoms with Gasteiger partial charge in [0.2, 0.25) is 11.8 Å². The van der Waals surface area contributed by atoms with Gasteiger partial charge in [0.15, 0.2) is 0 Å². The number of nitrogens with one attached hydrogen (secondary N) is 1. The Balaban J connectivity index is 1.71. The Hall–Kier alpha value is -2.62. The number of para-hydroxylation sites is 1. The molecular weight excluding hydrogens is 336 g/mol. The van der Waals surface area contributed by atoms with Gasteiger partial charge in [0.1, 0.15) is 0 Å². The molecule has 1 aliphatic rings. The summed E-state index contributed by atoms with van der Waals surface area (Å²) in [4.78, 5) is 27.1. The van der Waals surface area contributed by atoms with E-state index in [4.69, 9.17) is 0 Å². The van der Waals surface area contributed by atoms with Crippen LogP contribution in [0.25, 0.3) is 0 Å². The van der Waals surface area contributed by atoms with Crippen molar-refractivity contribution < 1.29 is 9.59 Å². The molecule has 1 N–H and O–H groups in total. The Morgan fingerprint density at radius 1 is 1.19 bits per heavy atom. The minimum absolute atomic E-state index is 0.0295. The Morgan fingerprint density at radius 3 is 2.63 bits per heavy atom. The van der Waals surface area contributed by atoms with Crippen LogP contribution in [0.1, 0.15) is 48.4 Å². The molecule has 2 aromatic rings. The summed E-state index contributed by atoms with van der Waals surface area (Å²) < 4.78 is 0. The molecule has 1 unspecified atom stereocenters. The molecule has 2 amide bonds. The topological polar surface area (TPSA) is 49.4 Å². The van der Waals surface area contributed by atoms with Gasteiger partial charge in [-0.25, -0.2) is 0 Å². The Labute approximate surface area is 161 Å². The SMILES string of the molecule is Cc1cccc(CNC(=O)C2CC(=O)N(c3c(C)cccc3C(C)C)C2)c1. The van der Waals surface area contributed by atoms with Gasteiger partial charge in [-0.3, -0.25) is 9.59 Å². The summed E-state index contributed by atoms with van der Waals surface area (Å²) in [6, 6.07) is 14.2. The maximum absolute atomic E-state index is 12.7. The van der Waals surface area contributed by atoms with Gasteiger partial charge in [0.05, 0.1) is 5.92 Å². The molecule has 0 saturated carbocycles. The fourth-order valence-electron chi connectivity index (χ4n) is 3.77. The van der Waals surface area contributed by atoms with Crippen LogP contribution in [-0.4, -0.2) is 18.4 Å². The van der Waals surface area contributed by atoms with Crippen LogP contribution in [-0.2, 0) is 16.1 Å². The highest BCUT2D eigenvalue weighted by Crippen LogP contribution is 2.34. The third-order valence-electron chi connectivity index (χ3n) is 5.21. The molecule has 4 nitrogen and oxygen atoms in total. The van der Waals surface area contributed by atoms with E-state index >= 15 is 0 Å². The van der Waals surface area contributed by atoms with Gasteiger partial charge in [-0.1, -0.05) is 61.9 Å². The first-order valence-corrected chi connectivity index (χ1v) is 9.60. The molecule has 0 radical (unpaired) electrons. The zero-order valence-electron chi connectivity index (χ0n) is 16.6. The highest BCUT2D eigenvalue weighted by molar-refractivity contribution is 6.01. The van der Waals surface area contributed by atoms with Crippen LogP contribution >= 0.6 is 0 Å². The van der Waals surface area contributed by atoms with Crippen molar-refractivity contribution in [1.82, 2.24) is 5.32 Å². The van der Waals surface area contributed by atoms with Crippen molar-refractivity contribution in [3.05, 3.63) is 64.7 Å². The number of hydrogen-bond donors (Lipinski definition) is 1. The minimum atomic E-state index is -0.304. The van der Waals surface area contributed by atoms with E-state index in [2.05, 4.69) is 31.3 Å². The van der Waals surface area contributed by atoms with Crippen LogP contribution < -0.4 is 10.2 Å². The summed E-state index contributed by atoms with van der Waals surface area (Å²) in [5, 5.41) is 2.99. The molecule has 2 aromatic carbocycles. The highest BCUT2D eigenvalue weighted by atomic mass is 16.2. The van der Waals surface area contributed by atoms with Crippen molar-refractivity contribution in [2.24, 2.45) is 5.92 Å². The second-order valence-electron chi connectivity index (χ2n) is 7.78. The maximum Gasteiger partial charge on any atom is 0.227 e. The van der Waals surface area contributed by atoms with E-state index < -0.39 is 0 Å². The number of rotatable bonds is 5. The number of nitrogens with zero attached hydrogens (tertiary/aromatic N) is 1. The molecular formula is C23H28N2O2. The number of aryl methyl sites for hydroxylation is 2. The lowest BCUT2D eigenvalue weighted by Gasteiger charge is -2.24. The van der Waals surface area contributed by atoms with Crippen molar-refractivity contribution in [2.45, 2.75) is 46.6 Å². The molecule has 1 saturated heterocycles. The third-order valence-corrected chi connectivity index (χ3v) is 5.21. The van der Waals surface area contributed by atoms with Crippen molar-refractivity contribution >= 4 is 17.5 Å². The minimum Gasteiger partial charge on any atom is -0.352 e. The zero-order valence-corrected chi connectivity index (χ0v) is 16.6. The van der Waals surface area contributed by atoms with Crippen LogP contribution in [0.4, 0.5) is 5.69 Å². The van der Waals surface area contributed by atoms with Gasteiger partial charge in [-0.05, 0) is 36.5 Å². The van der Waals surface area contributed by atoms with Crippen LogP contribution in [0.3, 0.4) is 0 Å². The second kappa shape index (κ2) is 7.95. The highest BCUT2D eigenvalue weighted by Gasteiger charge is 2.36. The summed E-state index contributed by atoms with van der Waals surface area (Å²) in [5.41, 5.74) is 5.46. The van der Waals surface area contributed by atoms with Gasteiger partial charge < -0.3 is 10.2 Å². The van der Waals surface area contributed by atoms with E-state index in [0.717, 1.165) is 22.4 Å². The largest absolute Gasteiger partial charge is 0.352 e. The lowest BCUT2D eigenvalue weighted by Crippen LogP contribution is -2.33. The van der Waals surface area contributed by atoms with Crippen molar-refractivity contribution in [3.8, 4) is 0 Å². The smallest absolute Gasteiger partial charge is 0.227 e. The van der Waals surface area contributed by atoms with E-state index in [9.17, 15) is 9.59 Å². The number of amides is 2. The fourth-order valence-corrected chi connectivity index (χ4v) is 3.77. The monoisotopic (exact) mass is 364 g/mol. The van der Waals surface area contributed by atoms with Crippen molar-refractivity contribution in [2.75, 3.05) is 11.4 Å². The Morgan fingerprint density at radius 2 is 1.93 bits per heavy atom. The van der Waals surface area contributed by atoms with Crippen LogP contribution in [0, 0.1) is 19.8 Å². The molecule has 1 aliphatic heterocycles. The number of anilines is 1. The predicted octanol–water partition coefficient (Wildman–Crippen LogP) is 4.10. The lowest BCUT2D eigenvalue weighted by molar-refractivity contribution is -0.126. The summed E-state index contributed by atoms with van der Waals surface area (Å²) in [6.07, 6.45) is 0.269. The molecule has 1 heterocycles. The van der Waals surface area contributed by atoms with Gasteiger partial charge in [-0.15, -0.1) is 0 Å². The first kappa shape index (κ1) is 19.2. The Kier molecular flexibility index (Phi) is 5.64. The maximum atomic E-state index is 12.7. The molecule has 27 heavy (non-hydrogen) atoms. The lowest BCUT2D eigenvalue weighted by atomic mass is 9.97. The summed E-state index contributed by atoms with van der Waals surface area (Å²) >= 11 is 0. The fraction of sp³-hybridized carbons (Fsp3) is 0.391. The van der Waals surface area contributed by atoms with Gasteiger partial charge in [0, 0.05) is 25.2 Å². The zero-order chi connectivity index (χ0) is 19.6. The molecule has 0 spiro atoms. The van der Waals surface area contributed by atoms with Crippen molar-refractivity contribution in [1.29, 1.82) is 0 Å². The first-order valence-electron chi connectivity index (χ1n) is 9.60.